The maximum absolute atomic E-state index is 12.9. The Hall–Kier alpha value is -1.79. The van der Waals surface area contributed by atoms with Crippen LogP contribution in [-0.2, 0) is 4.74 Å². The van der Waals surface area contributed by atoms with Gasteiger partial charge in [-0.1, -0.05) is 0 Å². The van der Waals surface area contributed by atoms with Crippen LogP contribution in [0.1, 0.15) is 28.9 Å². The molecule has 1 atom stereocenters. The normalized spacial score (nSPS) is 19.5. The van der Waals surface area contributed by atoms with Gasteiger partial charge in [-0.2, -0.15) is 13.2 Å². The molecular weight excluding hydrogens is 285 g/mol. The number of piperidine rings is 1. The topological polar surface area (TPSA) is 42.4 Å². The van der Waals surface area contributed by atoms with Crippen molar-refractivity contribution in [1.29, 1.82) is 0 Å². The maximum Gasteiger partial charge on any atom is 0.393 e. The van der Waals surface area contributed by atoms with Crippen molar-refractivity contribution in [1.82, 2.24) is 4.98 Å². The Morgan fingerprint density at radius 1 is 1.43 bits per heavy atom. The van der Waals surface area contributed by atoms with Crippen LogP contribution in [0.5, 0.6) is 0 Å². The average Bonchev–Trinajstić information content (AvgIpc) is 2.45. The van der Waals surface area contributed by atoms with Gasteiger partial charge in [-0.05, 0) is 37.5 Å². The third-order valence-electron chi connectivity index (χ3n) is 3.56. The molecular formula is C14H17F3N2O2. The number of carbonyl (C=O) groups excluding carboxylic acids is 1. The number of hydrogen-bond acceptors (Lipinski definition) is 4. The number of alkyl halides is 3. The molecule has 0 saturated carbocycles. The highest BCUT2D eigenvalue weighted by atomic mass is 19.4. The molecule has 0 bridgehead atoms. The van der Waals surface area contributed by atoms with Crippen molar-refractivity contribution < 1.29 is 22.7 Å². The quantitative estimate of drug-likeness (QED) is 0.788. The number of methoxy groups -OCH3 is 1. The maximum atomic E-state index is 12.9. The van der Waals surface area contributed by atoms with Gasteiger partial charge >= 0.3 is 12.1 Å². The second-order valence-electron chi connectivity index (χ2n) is 5.21. The van der Waals surface area contributed by atoms with E-state index in [9.17, 15) is 18.0 Å². The molecule has 2 rings (SSSR count). The zero-order valence-corrected chi connectivity index (χ0v) is 11.9. The summed E-state index contributed by atoms with van der Waals surface area (Å²) in [5.41, 5.74) is 0.871. The lowest BCUT2D eigenvalue weighted by molar-refractivity contribution is -0.176. The van der Waals surface area contributed by atoms with E-state index in [2.05, 4.69) is 9.72 Å². The van der Waals surface area contributed by atoms with E-state index in [1.165, 1.54) is 7.11 Å². The second kappa shape index (κ2) is 5.91. The van der Waals surface area contributed by atoms with Gasteiger partial charge in [0.2, 0.25) is 0 Å². The fraction of sp³-hybridized carbons (Fsp3) is 0.571. The summed E-state index contributed by atoms with van der Waals surface area (Å²) in [6.45, 7) is 2.15. The van der Waals surface area contributed by atoms with Gasteiger partial charge in [0.15, 0.2) is 5.69 Å². The Morgan fingerprint density at radius 3 is 2.76 bits per heavy atom. The van der Waals surface area contributed by atoms with E-state index in [4.69, 9.17) is 0 Å². The number of ether oxygens (including phenoxy) is 1. The molecule has 2 heterocycles. The minimum Gasteiger partial charge on any atom is -0.464 e. The molecule has 0 radical (unpaired) electrons. The van der Waals surface area contributed by atoms with E-state index in [0.29, 0.717) is 18.8 Å². The third-order valence-corrected chi connectivity index (χ3v) is 3.56. The number of pyridine rings is 1. The standard InChI is InChI=1S/C14H17F3N2O2/c1-9-6-11(13(20)21-2)18-12(7-9)19-5-3-4-10(8-19)14(15,16)17/h6-7,10H,3-5,8H2,1-2H3. The highest BCUT2D eigenvalue weighted by Crippen LogP contribution is 2.34. The van der Waals surface area contributed by atoms with E-state index in [-0.39, 0.29) is 18.7 Å². The van der Waals surface area contributed by atoms with Gasteiger partial charge in [-0.25, -0.2) is 9.78 Å². The smallest absolute Gasteiger partial charge is 0.393 e. The molecule has 1 aromatic rings. The molecule has 0 amide bonds. The van der Waals surface area contributed by atoms with Crippen LogP contribution in [0.2, 0.25) is 0 Å². The van der Waals surface area contributed by atoms with Crippen LogP contribution in [0.25, 0.3) is 0 Å². The highest BCUT2D eigenvalue weighted by Gasteiger charge is 2.42. The molecule has 4 nitrogen and oxygen atoms in total. The van der Waals surface area contributed by atoms with Gasteiger partial charge in [-0.15, -0.1) is 0 Å². The van der Waals surface area contributed by atoms with Crippen LogP contribution in [0, 0.1) is 12.8 Å². The number of carbonyl (C=O) groups is 1. The minimum absolute atomic E-state index is 0.113. The fourth-order valence-electron chi connectivity index (χ4n) is 2.47. The first-order valence-corrected chi connectivity index (χ1v) is 6.70. The largest absolute Gasteiger partial charge is 0.464 e. The number of nitrogens with zero attached hydrogens (tertiary/aromatic N) is 2. The van der Waals surface area contributed by atoms with Gasteiger partial charge in [0.1, 0.15) is 5.82 Å². The van der Waals surface area contributed by atoms with Crippen molar-refractivity contribution in [2.24, 2.45) is 5.92 Å². The zero-order valence-electron chi connectivity index (χ0n) is 11.9. The van der Waals surface area contributed by atoms with Crippen LogP contribution in [0.3, 0.4) is 0 Å². The summed E-state index contributed by atoms with van der Waals surface area (Å²) < 4.78 is 43.2. The summed E-state index contributed by atoms with van der Waals surface area (Å²) >= 11 is 0. The highest BCUT2D eigenvalue weighted by molar-refractivity contribution is 5.87. The van der Waals surface area contributed by atoms with E-state index < -0.39 is 18.1 Å². The van der Waals surface area contributed by atoms with E-state index in [0.717, 1.165) is 5.56 Å². The molecule has 21 heavy (non-hydrogen) atoms. The molecule has 7 heteroatoms. The Morgan fingerprint density at radius 2 is 2.14 bits per heavy atom. The van der Waals surface area contributed by atoms with Crippen LogP contribution >= 0.6 is 0 Å². The van der Waals surface area contributed by atoms with E-state index in [1.54, 1.807) is 24.0 Å². The average molecular weight is 302 g/mol. The predicted octanol–water partition coefficient (Wildman–Crippen LogP) is 2.96. The first-order chi connectivity index (χ1) is 9.81. The van der Waals surface area contributed by atoms with Gasteiger partial charge in [0.25, 0.3) is 0 Å². The first kappa shape index (κ1) is 15.6. The number of aromatic nitrogens is 1. The molecule has 1 aliphatic rings. The van der Waals surface area contributed by atoms with Crippen LogP contribution < -0.4 is 4.90 Å². The van der Waals surface area contributed by atoms with Crippen LogP contribution in [0.4, 0.5) is 19.0 Å². The number of rotatable bonds is 2. The number of hydrogen-bond donors (Lipinski definition) is 0. The second-order valence-corrected chi connectivity index (χ2v) is 5.21. The van der Waals surface area contributed by atoms with Crippen molar-refractivity contribution in [3.8, 4) is 0 Å². The van der Waals surface area contributed by atoms with E-state index in [1.807, 2.05) is 0 Å². The molecule has 0 N–H and O–H groups in total. The molecule has 116 valence electrons. The lowest BCUT2D eigenvalue weighted by Crippen LogP contribution is -2.42. The molecule has 0 aliphatic carbocycles. The van der Waals surface area contributed by atoms with Gasteiger partial charge < -0.3 is 9.64 Å². The van der Waals surface area contributed by atoms with Crippen molar-refractivity contribution in [3.63, 3.8) is 0 Å². The van der Waals surface area contributed by atoms with Crippen LogP contribution in [-0.4, -0.2) is 37.3 Å². The zero-order chi connectivity index (χ0) is 15.6. The summed E-state index contributed by atoms with van der Waals surface area (Å²) in [5, 5.41) is 0. The molecule has 1 aliphatic heterocycles. The third kappa shape index (κ3) is 3.65. The fourth-order valence-corrected chi connectivity index (χ4v) is 2.47. The minimum atomic E-state index is -4.20. The van der Waals surface area contributed by atoms with Gasteiger partial charge in [0.05, 0.1) is 13.0 Å². The summed E-state index contributed by atoms with van der Waals surface area (Å²) in [4.78, 5) is 17.3. The molecule has 1 fully saturated rings. The summed E-state index contributed by atoms with van der Waals surface area (Å²) in [6, 6.07) is 3.24. The number of halogens is 3. The van der Waals surface area contributed by atoms with Crippen molar-refractivity contribution >= 4 is 11.8 Å². The summed E-state index contributed by atoms with van der Waals surface area (Å²) in [6.07, 6.45) is -3.61. The Bertz CT molecular complexity index is 531. The Labute approximate surface area is 120 Å². The SMILES string of the molecule is COC(=O)c1cc(C)cc(N2CCCC(C(F)(F)F)C2)n1. The van der Waals surface area contributed by atoms with Gasteiger partial charge in [-0.3, -0.25) is 0 Å². The van der Waals surface area contributed by atoms with Crippen molar-refractivity contribution in [2.75, 3.05) is 25.1 Å². The van der Waals surface area contributed by atoms with Crippen LogP contribution in [0.15, 0.2) is 12.1 Å². The molecule has 1 aromatic heterocycles. The predicted molar refractivity (Wildman–Crippen MR) is 71.3 cm³/mol. The molecule has 1 unspecified atom stereocenters. The van der Waals surface area contributed by atoms with Crippen molar-refractivity contribution in [3.05, 3.63) is 23.4 Å². The van der Waals surface area contributed by atoms with E-state index >= 15 is 0 Å². The summed E-state index contributed by atoms with van der Waals surface area (Å²) in [5.74, 6) is -1.55. The molecule has 1 saturated heterocycles. The molecule has 0 aromatic carbocycles. The molecule has 0 spiro atoms. The number of aryl methyl sites for hydroxylation is 1. The monoisotopic (exact) mass is 302 g/mol. The Balaban J connectivity index is 2.25. The van der Waals surface area contributed by atoms with Gasteiger partial charge in [0, 0.05) is 13.1 Å². The number of anilines is 1. The lowest BCUT2D eigenvalue weighted by atomic mass is 9.97. The summed E-state index contributed by atoms with van der Waals surface area (Å²) in [7, 11) is 1.24. The number of esters is 1. The Kier molecular flexibility index (Phi) is 4.39. The first-order valence-electron chi connectivity index (χ1n) is 6.70. The van der Waals surface area contributed by atoms with Crippen molar-refractivity contribution in [2.45, 2.75) is 25.9 Å². The lowest BCUT2D eigenvalue weighted by Gasteiger charge is -2.34.